The summed E-state index contributed by atoms with van der Waals surface area (Å²) < 4.78 is 2.37. The molecule has 1 aromatic carbocycles. The van der Waals surface area contributed by atoms with Crippen LogP contribution in [-0.4, -0.2) is 15.6 Å². The predicted molar refractivity (Wildman–Crippen MR) is 84.4 cm³/mol. The second-order valence-electron chi connectivity index (χ2n) is 6.40. The molecule has 1 heterocycles. The van der Waals surface area contributed by atoms with E-state index in [0.29, 0.717) is 6.42 Å². The Morgan fingerprint density at radius 2 is 2.05 bits per heavy atom. The molecule has 0 spiro atoms. The minimum absolute atomic E-state index is 0.336. The molecule has 0 bridgehead atoms. The normalized spacial score (nSPS) is 17.4. The largest absolute Gasteiger partial charge is 0.481 e. The quantitative estimate of drug-likeness (QED) is 0.899. The Morgan fingerprint density at radius 1 is 1.33 bits per heavy atom. The predicted octanol–water partition coefficient (Wildman–Crippen LogP) is 4.09. The molecule has 1 unspecified atom stereocenters. The van der Waals surface area contributed by atoms with Crippen molar-refractivity contribution in [3.63, 3.8) is 0 Å². The van der Waals surface area contributed by atoms with Crippen LogP contribution in [0.3, 0.4) is 0 Å². The summed E-state index contributed by atoms with van der Waals surface area (Å²) in [6, 6.07) is 10.6. The first-order valence-electron chi connectivity index (χ1n) is 7.95. The maximum atomic E-state index is 11.2. The molecule has 0 aliphatic heterocycles. The molecule has 1 aliphatic rings. The van der Waals surface area contributed by atoms with Gasteiger partial charge >= 0.3 is 5.97 Å². The van der Waals surface area contributed by atoms with Crippen LogP contribution < -0.4 is 0 Å². The van der Waals surface area contributed by atoms with E-state index < -0.39 is 5.97 Å². The van der Waals surface area contributed by atoms with Gasteiger partial charge in [0.25, 0.3) is 0 Å². The third kappa shape index (κ3) is 2.97. The van der Waals surface area contributed by atoms with Gasteiger partial charge in [0, 0.05) is 24.2 Å². The summed E-state index contributed by atoms with van der Waals surface area (Å²) in [5.74, 6) is -0.302. The monoisotopic (exact) mass is 285 g/mol. The maximum Gasteiger partial charge on any atom is 0.306 e. The van der Waals surface area contributed by atoms with Crippen LogP contribution in [-0.2, 0) is 17.8 Å². The zero-order valence-corrected chi connectivity index (χ0v) is 12.6. The van der Waals surface area contributed by atoms with E-state index in [0.717, 1.165) is 18.2 Å². The van der Waals surface area contributed by atoms with Gasteiger partial charge in [0.15, 0.2) is 0 Å². The lowest BCUT2D eigenvalue weighted by molar-refractivity contribution is -0.141. The number of nitrogens with zero attached hydrogens (tertiary/aromatic N) is 1. The first-order chi connectivity index (χ1) is 10.1. The highest BCUT2D eigenvalue weighted by Crippen LogP contribution is 2.30. The van der Waals surface area contributed by atoms with E-state index in [1.54, 1.807) is 6.92 Å². The van der Waals surface area contributed by atoms with Gasteiger partial charge < -0.3 is 9.67 Å². The zero-order chi connectivity index (χ0) is 14.8. The number of carboxylic acids is 1. The van der Waals surface area contributed by atoms with Gasteiger partial charge in [0.1, 0.15) is 0 Å². The smallest absolute Gasteiger partial charge is 0.306 e. The van der Waals surface area contributed by atoms with Crippen molar-refractivity contribution in [1.29, 1.82) is 0 Å². The third-order valence-electron chi connectivity index (χ3n) is 4.75. The molecule has 1 atom stereocenters. The van der Waals surface area contributed by atoms with Gasteiger partial charge in [-0.3, -0.25) is 4.79 Å². The Labute approximate surface area is 125 Å². The van der Waals surface area contributed by atoms with E-state index >= 15 is 0 Å². The highest BCUT2D eigenvalue weighted by Gasteiger charge is 2.20. The fraction of sp³-hybridized carbons (Fsp3) is 0.500. The molecule has 1 N–H and O–H groups in total. The minimum Gasteiger partial charge on any atom is -0.481 e. The SMILES string of the molecule is CC(Cc1cc2ccccc2n1CC1CCCC1)C(=O)O. The van der Waals surface area contributed by atoms with Crippen molar-refractivity contribution >= 4 is 16.9 Å². The summed E-state index contributed by atoms with van der Waals surface area (Å²) in [7, 11) is 0. The Balaban J connectivity index is 1.94. The number of rotatable bonds is 5. The first kappa shape index (κ1) is 14.2. The van der Waals surface area contributed by atoms with E-state index in [1.165, 1.54) is 36.6 Å². The van der Waals surface area contributed by atoms with Crippen molar-refractivity contribution in [2.45, 2.75) is 45.6 Å². The van der Waals surface area contributed by atoms with Gasteiger partial charge in [-0.05, 0) is 36.3 Å². The lowest BCUT2D eigenvalue weighted by Gasteiger charge is -2.16. The van der Waals surface area contributed by atoms with Gasteiger partial charge in [0.05, 0.1) is 5.92 Å². The van der Waals surface area contributed by atoms with E-state index in [9.17, 15) is 9.90 Å². The second-order valence-corrected chi connectivity index (χ2v) is 6.40. The summed E-state index contributed by atoms with van der Waals surface area (Å²) in [5.41, 5.74) is 2.41. The number of hydrogen-bond acceptors (Lipinski definition) is 1. The zero-order valence-electron chi connectivity index (χ0n) is 12.6. The van der Waals surface area contributed by atoms with Crippen LogP contribution in [0.5, 0.6) is 0 Å². The summed E-state index contributed by atoms with van der Waals surface area (Å²) in [5, 5.41) is 10.4. The molecule has 0 saturated heterocycles. The van der Waals surface area contributed by atoms with Crippen LogP contribution in [0.2, 0.25) is 0 Å². The molecule has 1 saturated carbocycles. The number of carbonyl (C=O) groups is 1. The number of para-hydroxylation sites is 1. The van der Waals surface area contributed by atoms with Crippen LogP contribution in [0, 0.1) is 11.8 Å². The highest BCUT2D eigenvalue weighted by molar-refractivity contribution is 5.81. The molecular weight excluding hydrogens is 262 g/mol. The molecule has 21 heavy (non-hydrogen) atoms. The van der Waals surface area contributed by atoms with Gasteiger partial charge in [-0.25, -0.2) is 0 Å². The number of aromatic nitrogens is 1. The Hall–Kier alpha value is -1.77. The minimum atomic E-state index is -0.715. The molecule has 1 fully saturated rings. The third-order valence-corrected chi connectivity index (χ3v) is 4.75. The van der Waals surface area contributed by atoms with Gasteiger partial charge in [-0.15, -0.1) is 0 Å². The van der Waals surface area contributed by atoms with Gasteiger partial charge in [0.2, 0.25) is 0 Å². The summed E-state index contributed by atoms with van der Waals surface area (Å²) in [6.07, 6.45) is 5.90. The number of benzene rings is 1. The molecule has 3 nitrogen and oxygen atoms in total. The molecule has 1 aliphatic carbocycles. The average Bonchev–Trinajstić information content (AvgIpc) is 3.08. The Morgan fingerprint density at radius 3 is 2.76 bits per heavy atom. The maximum absolute atomic E-state index is 11.2. The number of aliphatic carboxylic acids is 1. The summed E-state index contributed by atoms with van der Waals surface area (Å²) in [6.45, 7) is 2.83. The number of hydrogen-bond donors (Lipinski definition) is 1. The Kier molecular flexibility index (Phi) is 4.00. The molecular formula is C18H23NO2. The van der Waals surface area contributed by atoms with Crippen LogP contribution in [0.15, 0.2) is 30.3 Å². The molecule has 3 heteroatoms. The van der Waals surface area contributed by atoms with Crippen molar-refractivity contribution in [1.82, 2.24) is 4.57 Å². The van der Waals surface area contributed by atoms with Gasteiger partial charge in [-0.1, -0.05) is 38.0 Å². The van der Waals surface area contributed by atoms with Gasteiger partial charge in [-0.2, -0.15) is 0 Å². The summed E-state index contributed by atoms with van der Waals surface area (Å²) >= 11 is 0. The van der Waals surface area contributed by atoms with Crippen LogP contribution in [0.1, 0.15) is 38.3 Å². The van der Waals surface area contributed by atoms with Crippen molar-refractivity contribution in [2.24, 2.45) is 11.8 Å². The molecule has 3 rings (SSSR count). The number of carboxylic acid groups (broad SMARTS) is 1. The molecule has 1 aromatic heterocycles. The van der Waals surface area contributed by atoms with E-state index in [-0.39, 0.29) is 5.92 Å². The lowest BCUT2D eigenvalue weighted by Crippen LogP contribution is -2.16. The lowest BCUT2D eigenvalue weighted by atomic mass is 10.0. The van der Waals surface area contributed by atoms with E-state index in [2.05, 4.69) is 28.8 Å². The number of fused-ring (bicyclic) bond motifs is 1. The topological polar surface area (TPSA) is 42.2 Å². The van der Waals surface area contributed by atoms with E-state index in [1.807, 2.05) is 6.07 Å². The van der Waals surface area contributed by atoms with Crippen LogP contribution in [0.25, 0.3) is 10.9 Å². The van der Waals surface area contributed by atoms with Crippen molar-refractivity contribution in [3.05, 3.63) is 36.0 Å². The van der Waals surface area contributed by atoms with Crippen molar-refractivity contribution in [3.8, 4) is 0 Å². The average molecular weight is 285 g/mol. The summed E-state index contributed by atoms with van der Waals surface area (Å²) in [4.78, 5) is 11.2. The first-order valence-corrected chi connectivity index (χ1v) is 7.95. The fourth-order valence-corrected chi connectivity index (χ4v) is 3.50. The highest BCUT2D eigenvalue weighted by atomic mass is 16.4. The van der Waals surface area contributed by atoms with Crippen LogP contribution in [0.4, 0.5) is 0 Å². The molecule has 112 valence electrons. The molecule has 0 amide bonds. The van der Waals surface area contributed by atoms with Crippen LogP contribution >= 0.6 is 0 Å². The fourth-order valence-electron chi connectivity index (χ4n) is 3.50. The standard InChI is InChI=1S/C18H23NO2/c1-13(18(20)21)10-16-11-15-8-4-5-9-17(15)19(16)12-14-6-2-3-7-14/h4-5,8-9,11,13-14H,2-3,6-7,10,12H2,1H3,(H,20,21). The van der Waals surface area contributed by atoms with E-state index in [4.69, 9.17) is 0 Å². The van der Waals surface area contributed by atoms with Crippen molar-refractivity contribution < 1.29 is 9.90 Å². The van der Waals surface area contributed by atoms with Crippen molar-refractivity contribution in [2.75, 3.05) is 0 Å². The molecule has 2 aromatic rings. The Bertz CT molecular complexity index is 638. The second kappa shape index (κ2) is 5.92. The molecule has 0 radical (unpaired) electrons.